The quantitative estimate of drug-likeness (QED) is 0.154. The first-order chi connectivity index (χ1) is 16.0. The highest BCUT2D eigenvalue weighted by Gasteiger charge is 2.53. The SMILES string of the molecule is OC[C@H]1OC(O)[C@H](O[C@@H]2O[C@H](CO)[C@@H](O)[C@H](O)[C@H]2O)[C@@H](O[C@@H]2O[C@H](CO)[C@@H](O)[C@H](O)[C@H]2O)[C@H]1O. The van der Waals surface area contributed by atoms with Gasteiger partial charge in [-0.3, -0.25) is 0 Å². The van der Waals surface area contributed by atoms with Crippen LogP contribution in [0.1, 0.15) is 0 Å². The Bertz CT molecular complexity index is 637. The zero-order valence-electron chi connectivity index (χ0n) is 17.7. The molecule has 0 spiro atoms. The minimum absolute atomic E-state index is 0.769. The van der Waals surface area contributed by atoms with E-state index in [4.69, 9.17) is 23.7 Å². The summed E-state index contributed by atoms with van der Waals surface area (Å²) in [5.74, 6) is 0. The molecule has 16 nitrogen and oxygen atoms in total. The molecule has 16 heteroatoms. The number of aliphatic hydroxyl groups excluding tert-OH is 11. The molecule has 0 aliphatic carbocycles. The van der Waals surface area contributed by atoms with E-state index in [1.54, 1.807) is 0 Å². The second-order valence-corrected chi connectivity index (χ2v) is 8.33. The third-order valence-electron chi connectivity index (χ3n) is 6.10. The number of rotatable bonds is 7. The van der Waals surface area contributed by atoms with Gasteiger partial charge >= 0.3 is 0 Å². The molecular formula is C18H32O16. The van der Waals surface area contributed by atoms with Crippen LogP contribution in [-0.4, -0.2) is 168 Å². The molecule has 3 heterocycles. The highest BCUT2D eigenvalue weighted by molar-refractivity contribution is 4.96. The second-order valence-electron chi connectivity index (χ2n) is 8.33. The van der Waals surface area contributed by atoms with E-state index in [0.29, 0.717) is 0 Å². The highest BCUT2D eigenvalue weighted by Crippen LogP contribution is 2.32. The maximum atomic E-state index is 10.6. The van der Waals surface area contributed by atoms with Crippen molar-refractivity contribution in [3.63, 3.8) is 0 Å². The van der Waals surface area contributed by atoms with Gasteiger partial charge in [0.15, 0.2) is 18.9 Å². The van der Waals surface area contributed by atoms with Crippen LogP contribution in [0.3, 0.4) is 0 Å². The molecule has 0 aromatic carbocycles. The third kappa shape index (κ3) is 5.37. The van der Waals surface area contributed by atoms with Crippen molar-refractivity contribution in [3.05, 3.63) is 0 Å². The predicted molar refractivity (Wildman–Crippen MR) is 101 cm³/mol. The van der Waals surface area contributed by atoms with Gasteiger partial charge in [0, 0.05) is 0 Å². The summed E-state index contributed by atoms with van der Waals surface area (Å²) < 4.78 is 26.5. The number of ether oxygens (including phenoxy) is 5. The molecule has 0 aromatic rings. The summed E-state index contributed by atoms with van der Waals surface area (Å²) in [6.07, 6.45) is -25.6. The van der Waals surface area contributed by atoms with Crippen molar-refractivity contribution in [1.82, 2.24) is 0 Å². The molecule has 3 aliphatic heterocycles. The van der Waals surface area contributed by atoms with Crippen molar-refractivity contribution in [2.45, 2.75) is 92.1 Å². The van der Waals surface area contributed by atoms with Crippen LogP contribution in [0.5, 0.6) is 0 Å². The molecule has 3 fully saturated rings. The van der Waals surface area contributed by atoms with Crippen LogP contribution < -0.4 is 0 Å². The number of hydrogen-bond donors (Lipinski definition) is 11. The largest absolute Gasteiger partial charge is 0.394 e. The normalized spacial score (nSPS) is 52.5. The van der Waals surface area contributed by atoms with E-state index in [2.05, 4.69) is 0 Å². The Hall–Kier alpha value is -0.640. The van der Waals surface area contributed by atoms with Crippen molar-refractivity contribution in [2.75, 3.05) is 19.8 Å². The monoisotopic (exact) mass is 504 g/mol. The molecule has 0 radical (unpaired) electrons. The van der Waals surface area contributed by atoms with Crippen molar-refractivity contribution in [3.8, 4) is 0 Å². The highest BCUT2D eigenvalue weighted by atomic mass is 16.8. The summed E-state index contributed by atoms with van der Waals surface area (Å²) >= 11 is 0. The lowest BCUT2D eigenvalue weighted by Crippen LogP contribution is -2.67. The van der Waals surface area contributed by atoms with Crippen LogP contribution >= 0.6 is 0 Å². The molecule has 34 heavy (non-hydrogen) atoms. The van der Waals surface area contributed by atoms with Gasteiger partial charge in [0.1, 0.15) is 73.2 Å². The van der Waals surface area contributed by atoms with E-state index < -0.39 is 112 Å². The lowest BCUT2D eigenvalue weighted by Gasteiger charge is -2.48. The zero-order chi connectivity index (χ0) is 25.3. The Morgan fingerprint density at radius 1 is 0.441 bits per heavy atom. The average Bonchev–Trinajstić information content (AvgIpc) is 2.83. The fourth-order valence-electron chi connectivity index (χ4n) is 4.03. The molecular weight excluding hydrogens is 472 g/mol. The van der Waals surface area contributed by atoms with Crippen LogP contribution in [0.2, 0.25) is 0 Å². The number of hydrogen-bond acceptors (Lipinski definition) is 16. The lowest BCUT2D eigenvalue weighted by atomic mass is 9.96. The standard InChI is InChI=1S/C18H32O16/c19-1-4-7(22)10(25)12(27)17(31-4)33-14-9(24)6(3-21)30-16(29)15(14)34-18-13(28)11(26)8(23)5(2-20)32-18/h4-29H,1-3H2/t4-,5-,6-,7-,8-,9+,10+,11+,12-,13-,14+,15-,16?,17+,18+/m1/s1. The van der Waals surface area contributed by atoms with Crippen LogP contribution in [0.15, 0.2) is 0 Å². The average molecular weight is 504 g/mol. The van der Waals surface area contributed by atoms with E-state index in [9.17, 15) is 56.2 Å². The fraction of sp³-hybridized carbons (Fsp3) is 1.00. The van der Waals surface area contributed by atoms with Crippen molar-refractivity contribution in [1.29, 1.82) is 0 Å². The molecule has 3 rings (SSSR count). The molecule has 3 aliphatic rings. The van der Waals surface area contributed by atoms with Gasteiger partial charge in [0.25, 0.3) is 0 Å². The first-order valence-electron chi connectivity index (χ1n) is 10.6. The molecule has 0 amide bonds. The summed E-state index contributed by atoms with van der Waals surface area (Å²) in [4.78, 5) is 0. The smallest absolute Gasteiger partial charge is 0.187 e. The molecule has 0 saturated carbocycles. The van der Waals surface area contributed by atoms with Gasteiger partial charge in [0.2, 0.25) is 0 Å². The van der Waals surface area contributed by atoms with E-state index in [-0.39, 0.29) is 0 Å². The van der Waals surface area contributed by atoms with E-state index in [1.165, 1.54) is 0 Å². The minimum atomic E-state index is -1.94. The van der Waals surface area contributed by atoms with Crippen molar-refractivity contribution < 1.29 is 79.9 Å². The van der Waals surface area contributed by atoms with Crippen LogP contribution in [0.4, 0.5) is 0 Å². The Morgan fingerprint density at radius 3 is 1.24 bits per heavy atom. The molecule has 11 N–H and O–H groups in total. The van der Waals surface area contributed by atoms with Gasteiger partial charge in [-0.25, -0.2) is 0 Å². The molecule has 0 aromatic heterocycles. The summed E-state index contributed by atoms with van der Waals surface area (Å²) in [5.41, 5.74) is 0. The summed E-state index contributed by atoms with van der Waals surface area (Å²) in [7, 11) is 0. The Kier molecular flexibility index (Phi) is 9.54. The first-order valence-corrected chi connectivity index (χ1v) is 10.6. The fourth-order valence-corrected chi connectivity index (χ4v) is 4.03. The Balaban J connectivity index is 1.83. The van der Waals surface area contributed by atoms with Crippen LogP contribution in [0, 0.1) is 0 Å². The van der Waals surface area contributed by atoms with Gasteiger partial charge < -0.3 is 79.9 Å². The second kappa shape index (κ2) is 11.6. The molecule has 15 atom stereocenters. The Morgan fingerprint density at radius 2 is 0.824 bits per heavy atom. The zero-order valence-corrected chi connectivity index (χ0v) is 17.7. The number of aliphatic hydroxyl groups is 11. The summed E-state index contributed by atoms with van der Waals surface area (Å²) in [6.45, 7) is -2.33. The van der Waals surface area contributed by atoms with Crippen molar-refractivity contribution >= 4 is 0 Å². The summed E-state index contributed by atoms with van der Waals surface area (Å²) in [6, 6.07) is 0. The summed E-state index contributed by atoms with van der Waals surface area (Å²) in [5, 5.41) is 109. The maximum Gasteiger partial charge on any atom is 0.187 e. The van der Waals surface area contributed by atoms with Gasteiger partial charge in [-0.15, -0.1) is 0 Å². The first kappa shape index (κ1) is 27.9. The van der Waals surface area contributed by atoms with E-state index >= 15 is 0 Å². The van der Waals surface area contributed by atoms with Crippen LogP contribution in [0.25, 0.3) is 0 Å². The van der Waals surface area contributed by atoms with Gasteiger partial charge in [-0.2, -0.15) is 0 Å². The van der Waals surface area contributed by atoms with Crippen molar-refractivity contribution in [2.24, 2.45) is 0 Å². The molecule has 0 bridgehead atoms. The van der Waals surface area contributed by atoms with Crippen LogP contribution in [-0.2, 0) is 23.7 Å². The molecule has 1 unspecified atom stereocenters. The van der Waals surface area contributed by atoms with Gasteiger partial charge in [-0.05, 0) is 0 Å². The van der Waals surface area contributed by atoms with Gasteiger partial charge in [0.05, 0.1) is 19.8 Å². The Labute approximate surface area is 192 Å². The maximum absolute atomic E-state index is 10.6. The molecule has 3 saturated heterocycles. The predicted octanol–water partition coefficient (Wildman–Crippen LogP) is -7.57. The van der Waals surface area contributed by atoms with E-state index in [0.717, 1.165) is 0 Å². The molecule has 200 valence electrons. The minimum Gasteiger partial charge on any atom is -0.394 e. The van der Waals surface area contributed by atoms with E-state index in [1.807, 2.05) is 0 Å². The third-order valence-corrected chi connectivity index (χ3v) is 6.10. The lowest BCUT2D eigenvalue weighted by molar-refractivity contribution is -0.387. The van der Waals surface area contributed by atoms with Gasteiger partial charge in [-0.1, -0.05) is 0 Å². The topological polar surface area (TPSA) is 269 Å².